The Balaban J connectivity index is 1.73. The van der Waals surface area contributed by atoms with Gasteiger partial charge in [-0.3, -0.25) is 0 Å². The summed E-state index contributed by atoms with van der Waals surface area (Å²) in [4.78, 5) is 3.48. The summed E-state index contributed by atoms with van der Waals surface area (Å²) in [7, 11) is 0. The smallest absolute Gasteiger partial charge is 0.101 e. The van der Waals surface area contributed by atoms with Crippen molar-refractivity contribution < 1.29 is 9.47 Å². The molecule has 0 aliphatic carbocycles. The summed E-state index contributed by atoms with van der Waals surface area (Å²) < 4.78 is 11.8. The maximum absolute atomic E-state index is 10.1. The molecule has 5 heteroatoms. The number of nitrogens with zero attached hydrogens (tertiary/aromatic N) is 2. The van der Waals surface area contributed by atoms with Crippen LogP contribution in [0.25, 0.3) is 0 Å². The Kier molecular flexibility index (Phi) is 6.44. The van der Waals surface area contributed by atoms with E-state index in [-0.39, 0.29) is 6.10 Å². The molecule has 2 aliphatic rings. The van der Waals surface area contributed by atoms with E-state index in [1.165, 1.54) is 22.4 Å². The van der Waals surface area contributed by atoms with Crippen molar-refractivity contribution in [1.29, 1.82) is 5.26 Å². The number of hydrogen-bond donors (Lipinski definition) is 0. The fraction of sp³-hybridized carbons (Fsp3) is 0.458. The molecule has 152 valence electrons. The molecule has 0 aromatic heterocycles. The van der Waals surface area contributed by atoms with Gasteiger partial charge in [0.15, 0.2) is 0 Å². The number of ether oxygens (including phenoxy) is 2. The van der Waals surface area contributed by atoms with Gasteiger partial charge in [-0.15, -0.1) is 11.8 Å². The van der Waals surface area contributed by atoms with Crippen molar-refractivity contribution >= 4 is 17.4 Å². The fourth-order valence-corrected chi connectivity index (χ4v) is 5.08. The third-order valence-electron chi connectivity index (χ3n) is 5.78. The van der Waals surface area contributed by atoms with Crippen molar-refractivity contribution in [2.75, 3.05) is 31.2 Å². The zero-order valence-corrected chi connectivity index (χ0v) is 18.0. The third-order valence-corrected chi connectivity index (χ3v) is 6.89. The van der Waals surface area contributed by atoms with Crippen LogP contribution in [0.15, 0.2) is 41.3 Å². The van der Waals surface area contributed by atoms with E-state index < -0.39 is 0 Å². The van der Waals surface area contributed by atoms with Crippen LogP contribution in [-0.4, -0.2) is 32.4 Å². The topological polar surface area (TPSA) is 45.5 Å². The second kappa shape index (κ2) is 9.21. The predicted octanol–water partition coefficient (Wildman–Crippen LogP) is 4.78. The van der Waals surface area contributed by atoms with Gasteiger partial charge in [-0.05, 0) is 23.1 Å². The average Bonchev–Trinajstić information content (AvgIpc) is 2.77. The summed E-state index contributed by atoms with van der Waals surface area (Å²) in [5, 5.41) is 10.1. The van der Waals surface area contributed by atoms with Gasteiger partial charge in [-0.2, -0.15) is 5.26 Å². The molecule has 0 saturated carbocycles. The molecule has 1 fully saturated rings. The molecular formula is C24H28N2O2S. The second-order valence-electron chi connectivity index (χ2n) is 8.01. The van der Waals surface area contributed by atoms with Crippen LogP contribution < -0.4 is 4.90 Å². The molecule has 1 atom stereocenters. The lowest BCUT2D eigenvalue weighted by molar-refractivity contribution is -0.000345. The molecule has 0 unspecified atom stereocenters. The van der Waals surface area contributed by atoms with Crippen LogP contribution in [-0.2, 0) is 28.3 Å². The molecule has 0 bridgehead atoms. The first-order valence-corrected chi connectivity index (χ1v) is 11.4. The number of fused-ring (bicyclic) bond motifs is 1. The average molecular weight is 409 g/mol. The summed E-state index contributed by atoms with van der Waals surface area (Å²) in [5.41, 5.74) is 5.73. The lowest BCUT2D eigenvalue weighted by Gasteiger charge is -2.36. The molecule has 0 radical (unpaired) electrons. The van der Waals surface area contributed by atoms with Crippen molar-refractivity contribution in [3.63, 3.8) is 0 Å². The molecule has 0 N–H and O–H groups in total. The summed E-state index contributed by atoms with van der Waals surface area (Å²) in [5.74, 6) is 1.29. The largest absolute Gasteiger partial charge is 0.378 e. The summed E-state index contributed by atoms with van der Waals surface area (Å²) >= 11 is 1.76. The molecule has 4 rings (SSSR count). The Labute approximate surface area is 177 Å². The molecule has 2 aliphatic heterocycles. The molecule has 0 amide bonds. The van der Waals surface area contributed by atoms with E-state index in [1.807, 2.05) is 6.07 Å². The number of thioether (sulfide) groups is 1. The minimum atomic E-state index is 0.168. The van der Waals surface area contributed by atoms with Crippen LogP contribution in [0, 0.1) is 17.2 Å². The van der Waals surface area contributed by atoms with Gasteiger partial charge in [0.1, 0.15) is 6.07 Å². The van der Waals surface area contributed by atoms with Crippen molar-refractivity contribution in [2.45, 2.75) is 43.6 Å². The van der Waals surface area contributed by atoms with Crippen LogP contribution in [0.3, 0.4) is 0 Å². The number of benzene rings is 2. The first kappa shape index (κ1) is 20.3. The lowest BCUT2D eigenvalue weighted by atomic mass is 9.89. The monoisotopic (exact) mass is 408 g/mol. The molecule has 2 aromatic rings. The Bertz CT molecular complexity index is 886. The maximum atomic E-state index is 10.1. The summed E-state index contributed by atoms with van der Waals surface area (Å²) in [6.07, 6.45) is 0.981. The normalized spacial score (nSPS) is 19.1. The van der Waals surface area contributed by atoms with E-state index in [0.717, 1.165) is 48.9 Å². The van der Waals surface area contributed by atoms with Gasteiger partial charge in [-0.25, -0.2) is 0 Å². The maximum Gasteiger partial charge on any atom is 0.101 e. The Morgan fingerprint density at radius 3 is 2.62 bits per heavy atom. The van der Waals surface area contributed by atoms with Crippen molar-refractivity contribution in [1.82, 2.24) is 0 Å². The summed E-state index contributed by atoms with van der Waals surface area (Å²) in [6, 6.07) is 15.2. The predicted molar refractivity (Wildman–Crippen MR) is 117 cm³/mol. The van der Waals surface area contributed by atoms with Gasteiger partial charge in [0.25, 0.3) is 0 Å². The highest BCUT2D eigenvalue weighted by atomic mass is 32.2. The molecule has 1 saturated heterocycles. The van der Waals surface area contributed by atoms with Crippen LogP contribution in [0.4, 0.5) is 5.69 Å². The highest BCUT2D eigenvalue weighted by molar-refractivity contribution is 7.98. The van der Waals surface area contributed by atoms with E-state index in [9.17, 15) is 5.26 Å². The van der Waals surface area contributed by atoms with Crippen LogP contribution in [0.5, 0.6) is 0 Å². The van der Waals surface area contributed by atoms with E-state index >= 15 is 0 Å². The highest BCUT2D eigenvalue weighted by Gasteiger charge is 2.30. The Morgan fingerprint density at radius 1 is 1.17 bits per heavy atom. The first-order valence-electron chi connectivity index (χ1n) is 10.4. The number of anilines is 1. The third kappa shape index (κ3) is 4.45. The lowest BCUT2D eigenvalue weighted by Crippen LogP contribution is -2.38. The van der Waals surface area contributed by atoms with Crippen molar-refractivity contribution in [3.8, 4) is 6.07 Å². The zero-order valence-electron chi connectivity index (χ0n) is 17.2. The first-order chi connectivity index (χ1) is 14.2. The molecular weight excluding hydrogens is 380 g/mol. The van der Waals surface area contributed by atoms with Gasteiger partial charge in [-0.1, -0.05) is 44.2 Å². The van der Waals surface area contributed by atoms with Crippen molar-refractivity contribution in [2.24, 2.45) is 5.92 Å². The Hall–Kier alpha value is -2.00. The van der Waals surface area contributed by atoms with Gasteiger partial charge in [0.05, 0.1) is 31.5 Å². The number of hydrogen-bond acceptors (Lipinski definition) is 5. The minimum Gasteiger partial charge on any atom is -0.378 e. The molecule has 29 heavy (non-hydrogen) atoms. The van der Waals surface area contributed by atoms with E-state index in [4.69, 9.17) is 9.47 Å². The van der Waals surface area contributed by atoms with E-state index in [1.54, 1.807) is 11.8 Å². The molecule has 2 aromatic carbocycles. The number of nitriles is 1. The quantitative estimate of drug-likeness (QED) is 0.666. The molecule has 4 nitrogen and oxygen atoms in total. The molecule has 0 spiro atoms. The van der Waals surface area contributed by atoms with Gasteiger partial charge in [0.2, 0.25) is 0 Å². The zero-order chi connectivity index (χ0) is 20.2. The second-order valence-corrected chi connectivity index (χ2v) is 9.03. The van der Waals surface area contributed by atoms with Crippen LogP contribution in [0.1, 0.15) is 36.1 Å². The fourth-order valence-electron chi connectivity index (χ4n) is 4.06. The summed E-state index contributed by atoms with van der Waals surface area (Å²) in [6.45, 7) is 8.23. The van der Waals surface area contributed by atoms with Crippen LogP contribution in [0.2, 0.25) is 0 Å². The molecule has 2 heterocycles. The number of morpholine rings is 1. The van der Waals surface area contributed by atoms with Gasteiger partial charge < -0.3 is 14.4 Å². The van der Waals surface area contributed by atoms with Gasteiger partial charge >= 0.3 is 0 Å². The minimum absolute atomic E-state index is 0.168. The van der Waals surface area contributed by atoms with E-state index in [2.05, 4.69) is 55.1 Å². The van der Waals surface area contributed by atoms with Gasteiger partial charge in [0, 0.05) is 41.4 Å². The Morgan fingerprint density at radius 2 is 1.93 bits per heavy atom. The SMILES string of the molecule is CC(C)[C@H]1Cc2c(C#N)c(SCc3ccccc3)cc(N3CCOCC3)c2CO1. The van der Waals surface area contributed by atoms with E-state index in [0.29, 0.717) is 12.5 Å². The number of rotatable bonds is 5. The highest BCUT2D eigenvalue weighted by Crippen LogP contribution is 2.40. The van der Waals surface area contributed by atoms with Crippen molar-refractivity contribution in [3.05, 3.63) is 58.7 Å². The standard InChI is InChI=1S/C24H28N2O2S/c1-17(2)23-12-19-20(14-25)24(29-16-18-6-4-3-5-7-18)13-22(21(19)15-28-23)26-8-10-27-11-9-26/h3-7,13,17,23H,8-12,15-16H2,1-2H3/t23-/m1/s1. The van der Waals surface area contributed by atoms with Crippen LogP contribution >= 0.6 is 11.8 Å².